The van der Waals surface area contributed by atoms with Crippen molar-refractivity contribution in [2.45, 2.75) is 9.79 Å². The molecule has 1 fully saturated rings. The Morgan fingerprint density at radius 3 is 2.11 bits per heavy atom. The van der Waals surface area contributed by atoms with E-state index in [4.69, 9.17) is 34.8 Å². The molecule has 1 aliphatic rings. The van der Waals surface area contributed by atoms with Crippen LogP contribution < -0.4 is 10.0 Å². The van der Waals surface area contributed by atoms with Gasteiger partial charge in [0.2, 0.25) is 10.0 Å². The van der Waals surface area contributed by atoms with Gasteiger partial charge < -0.3 is 5.32 Å². The molecule has 0 spiro atoms. The van der Waals surface area contributed by atoms with Crippen LogP contribution in [-0.4, -0.2) is 51.6 Å². The van der Waals surface area contributed by atoms with Crippen LogP contribution in [-0.2, 0) is 20.0 Å². The molecule has 196 valence electrons. The number of carbonyl (C=O) groups excluding carboxylic acids is 1. The maximum absolute atomic E-state index is 13.1. The van der Waals surface area contributed by atoms with E-state index in [1.54, 1.807) is 11.8 Å². The summed E-state index contributed by atoms with van der Waals surface area (Å²) in [6.07, 6.45) is 0. The number of carbonyl (C=O) groups is 1. The fourth-order valence-corrected chi connectivity index (χ4v) is 7.70. The Balaban J connectivity index is 1.55. The molecule has 0 unspecified atom stereocenters. The van der Waals surface area contributed by atoms with Crippen LogP contribution in [0.4, 0.5) is 11.4 Å². The monoisotopic (exact) mass is 619 g/mol. The minimum Gasteiger partial charge on any atom is -0.322 e. The Kier molecular flexibility index (Phi) is 8.64. The Morgan fingerprint density at radius 2 is 1.46 bits per heavy atom. The second-order valence-electron chi connectivity index (χ2n) is 7.87. The highest BCUT2D eigenvalue weighted by Crippen LogP contribution is 2.29. The zero-order chi connectivity index (χ0) is 26.8. The van der Waals surface area contributed by atoms with Crippen molar-refractivity contribution in [3.63, 3.8) is 0 Å². The van der Waals surface area contributed by atoms with Gasteiger partial charge in [-0.3, -0.25) is 9.52 Å². The summed E-state index contributed by atoms with van der Waals surface area (Å²) in [7, 11) is -7.74. The van der Waals surface area contributed by atoms with Gasteiger partial charge in [-0.05, 0) is 60.7 Å². The lowest BCUT2D eigenvalue weighted by Gasteiger charge is -2.25. The third-order valence-corrected chi connectivity index (χ3v) is 10.6. The van der Waals surface area contributed by atoms with Crippen LogP contribution in [0, 0.1) is 0 Å². The Bertz CT molecular complexity index is 1540. The number of hydrogen-bond acceptors (Lipinski definition) is 6. The molecule has 2 N–H and O–H groups in total. The Hall–Kier alpha value is -1.99. The lowest BCUT2D eigenvalue weighted by Crippen LogP contribution is -2.37. The smallest absolute Gasteiger partial charge is 0.261 e. The molecule has 1 heterocycles. The Morgan fingerprint density at radius 1 is 0.811 bits per heavy atom. The summed E-state index contributed by atoms with van der Waals surface area (Å²) in [5, 5.41) is 3.11. The van der Waals surface area contributed by atoms with Crippen molar-refractivity contribution >= 4 is 83.9 Å². The van der Waals surface area contributed by atoms with Gasteiger partial charge in [0, 0.05) is 35.3 Å². The van der Waals surface area contributed by atoms with E-state index >= 15 is 0 Å². The highest BCUT2D eigenvalue weighted by Gasteiger charge is 2.26. The molecule has 4 rings (SSSR count). The lowest BCUT2D eigenvalue weighted by atomic mass is 10.1. The molecule has 3 aromatic carbocycles. The van der Waals surface area contributed by atoms with E-state index in [2.05, 4.69) is 10.0 Å². The average Bonchev–Trinajstić information content (AvgIpc) is 2.87. The average molecular weight is 621 g/mol. The maximum atomic E-state index is 13.1. The van der Waals surface area contributed by atoms with Crippen molar-refractivity contribution in [1.29, 1.82) is 0 Å². The van der Waals surface area contributed by atoms with Gasteiger partial charge in [0.05, 0.1) is 31.1 Å². The van der Waals surface area contributed by atoms with E-state index in [-0.39, 0.29) is 36.1 Å². The topological polar surface area (TPSA) is 113 Å². The van der Waals surface area contributed by atoms with Gasteiger partial charge in [0.1, 0.15) is 0 Å². The number of amides is 1. The molecule has 3 aromatic rings. The Labute approximate surface area is 234 Å². The normalized spacial score (nSPS) is 14.8. The SMILES string of the molecule is O=C(Nc1ccc(S(=O)(=O)N2CCSCC2)cc1)c1cc(Cl)ccc1NS(=O)(=O)c1ccc(Cl)c(Cl)c1. The van der Waals surface area contributed by atoms with Crippen LogP contribution >= 0.6 is 46.6 Å². The van der Waals surface area contributed by atoms with Crippen molar-refractivity contribution < 1.29 is 21.6 Å². The predicted octanol–water partition coefficient (Wildman–Crippen LogP) is 5.44. The molecule has 0 aliphatic carbocycles. The first kappa shape index (κ1) is 28.0. The maximum Gasteiger partial charge on any atom is 0.261 e. The van der Waals surface area contributed by atoms with Gasteiger partial charge in [-0.1, -0.05) is 34.8 Å². The van der Waals surface area contributed by atoms with E-state index in [0.29, 0.717) is 18.8 Å². The van der Waals surface area contributed by atoms with Crippen LogP contribution in [0.3, 0.4) is 0 Å². The summed E-state index contributed by atoms with van der Waals surface area (Å²) in [5.41, 5.74) is 0.255. The fraction of sp³-hybridized carbons (Fsp3) is 0.174. The van der Waals surface area contributed by atoms with E-state index in [9.17, 15) is 21.6 Å². The van der Waals surface area contributed by atoms with Crippen molar-refractivity contribution in [3.8, 4) is 0 Å². The van der Waals surface area contributed by atoms with Crippen molar-refractivity contribution in [1.82, 2.24) is 4.31 Å². The highest BCUT2D eigenvalue weighted by atomic mass is 35.5. The van der Waals surface area contributed by atoms with Crippen LogP contribution in [0.1, 0.15) is 10.4 Å². The number of sulfonamides is 2. The lowest BCUT2D eigenvalue weighted by molar-refractivity contribution is 0.102. The number of hydrogen-bond donors (Lipinski definition) is 2. The summed E-state index contributed by atoms with van der Waals surface area (Å²) in [6.45, 7) is 0.891. The van der Waals surface area contributed by atoms with Gasteiger partial charge in [-0.2, -0.15) is 16.1 Å². The van der Waals surface area contributed by atoms with E-state index in [0.717, 1.165) is 11.5 Å². The van der Waals surface area contributed by atoms with Crippen LogP contribution in [0.15, 0.2) is 70.5 Å². The van der Waals surface area contributed by atoms with Crippen molar-refractivity contribution in [3.05, 3.63) is 81.3 Å². The molecule has 1 amide bonds. The largest absolute Gasteiger partial charge is 0.322 e. The predicted molar refractivity (Wildman–Crippen MR) is 149 cm³/mol. The molecular formula is C23H20Cl3N3O5S3. The minimum atomic E-state index is -4.12. The summed E-state index contributed by atoms with van der Waals surface area (Å²) in [4.78, 5) is 13.0. The van der Waals surface area contributed by atoms with Gasteiger partial charge in [0.25, 0.3) is 15.9 Å². The second kappa shape index (κ2) is 11.4. The van der Waals surface area contributed by atoms with Crippen LogP contribution in [0.5, 0.6) is 0 Å². The summed E-state index contributed by atoms with van der Waals surface area (Å²) in [6, 6.07) is 13.7. The number of nitrogens with one attached hydrogen (secondary N) is 2. The van der Waals surface area contributed by atoms with E-state index < -0.39 is 26.0 Å². The summed E-state index contributed by atoms with van der Waals surface area (Å²) >= 11 is 19.6. The molecule has 0 saturated carbocycles. The molecule has 0 aromatic heterocycles. The molecule has 0 atom stereocenters. The first-order chi connectivity index (χ1) is 17.5. The fourth-order valence-electron chi connectivity index (χ4n) is 3.49. The third-order valence-electron chi connectivity index (χ3n) is 5.39. The van der Waals surface area contributed by atoms with Gasteiger partial charge in [-0.25, -0.2) is 16.8 Å². The zero-order valence-electron chi connectivity index (χ0n) is 18.9. The molecule has 0 bridgehead atoms. The van der Waals surface area contributed by atoms with Gasteiger partial charge >= 0.3 is 0 Å². The molecular weight excluding hydrogens is 601 g/mol. The minimum absolute atomic E-state index is 0.0184. The van der Waals surface area contributed by atoms with Gasteiger partial charge in [0.15, 0.2) is 0 Å². The van der Waals surface area contributed by atoms with Crippen molar-refractivity contribution in [2.75, 3.05) is 34.6 Å². The first-order valence-corrected chi connectivity index (χ1v) is 16.0. The number of rotatable bonds is 7. The van der Waals surface area contributed by atoms with Crippen LogP contribution in [0.2, 0.25) is 15.1 Å². The summed E-state index contributed by atoms with van der Waals surface area (Å²) in [5.74, 6) is 0.826. The quantitative estimate of drug-likeness (QED) is 0.364. The number of anilines is 2. The zero-order valence-corrected chi connectivity index (χ0v) is 23.7. The molecule has 37 heavy (non-hydrogen) atoms. The molecule has 1 saturated heterocycles. The van der Waals surface area contributed by atoms with Gasteiger partial charge in [-0.15, -0.1) is 0 Å². The number of nitrogens with zero attached hydrogens (tertiary/aromatic N) is 1. The van der Waals surface area contributed by atoms with E-state index in [1.807, 2.05) is 0 Å². The number of thioether (sulfide) groups is 1. The first-order valence-electron chi connectivity index (χ1n) is 10.7. The molecule has 8 nitrogen and oxygen atoms in total. The van der Waals surface area contributed by atoms with Crippen LogP contribution in [0.25, 0.3) is 0 Å². The molecule has 1 aliphatic heterocycles. The standard InChI is InChI=1S/C23H20Cl3N3O5S3/c24-15-1-8-22(28-36(31,32)18-6-7-20(25)21(26)14-18)19(13-15)23(30)27-16-2-4-17(5-3-16)37(33,34)29-9-11-35-12-10-29/h1-8,13-14,28H,9-12H2,(H,27,30). The third kappa shape index (κ3) is 6.54. The number of halogens is 3. The summed E-state index contributed by atoms with van der Waals surface area (Å²) < 4.78 is 55.3. The highest BCUT2D eigenvalue weighted by molar-refractivity contribution is 7.99. The molecule has 0 radical (unpaired) electrons. The molecule has 14 heteroatoms. The van der Waals surface area contributed by atoms with Crippen molar-refractivity contribution in [2.24, 2.45) is 0 Å². The number of benzene rings is 3. The van der Waals surface area contributed by atoms with E-state index in [1.165, 1.54) is 65.0 Å². The second-order valence-corrected chi connectivity index (χ2v) is 14.0.